The number of aromatic nitrogens is 2. The van der Waals surface area contributed by atoms with E-state index in [1.165, 1.54) is 12.4 Å². The lowest BCUT2D eigenvalue weighted by atomic mass is 10.1. The number of methoxy groups -OCH3 is 1. The van der Waals surface area contributed by atoms with Gasteiger partial charge in [0.1, 0.15) is 18.1 Å². The number of halogens is 2. The molecular formula is C17H23F2N5O. The highest BCUT2D eigenvalue weighted by molar-refractivity contribution is 5.79. The van der Waals surface area contributed by atoms with Crippen molar-refractivity contribution in [1.82, 2.24) is 20.2 Å². The van der Waals surface area contributed by atoms with Crippen molar-refractivity contribution in [2.45, 2.75) is 26.4 Å². The van der Waals surface area contributed by atoms with Crippen LogP contribution < -0.4 is 15.4 Å². The first-order chi connectivity index (χ1) is 12.2. The molecule has 0 aliphatic rings. The Balaban J connectivity index is 1.94. The van der Waals surface area contributed by atoms with Gasteiger partial charge in [-0.25, -0.2) is 9.98 Å². The molecule has 2 aromatic rings. The maximum Gasteiger partial charge on any atom is 0.319 e. The molecule has 25 heavy (non-hydrogen) atoms. The second kappa shape index (κ2) is 9.61. The smallest absolute Gasteiger partial charge is 0.319 e. The van der Waals surface area contributed by atoms with Crippen LogP contribution in [0.5, 0.6) is 5.75 Å². The summed E-state index contributed by atoms with van der Waals surface area (Å²) in [5.74, 6) is 1.61. The summed E-state index contributed by atoms with van der Waals surface area (Å²) in [6, 6.07) is 7.80. The maximum absolute atomic E-state index is 12.8. The summed E-state index contributed by atoms with van der Waals surface area (Å²) in [6.45, 7) is 0.701. The van der Waals surface area contributed by atoms with Gasteiger partial charge in [-0.3, -0.25) is 4.57 Å². The Morgan fingerprint density at radius 1 is 1.32 bits per heavy atom. The van der Waals surface area contributed by atoms with Crippen molar-refractivity contribution in [3.63, 3.8) is 0 Å². The number of aliphatic imine (C=N–C) groups is 1. The molecule has 2 rings (SSSR count). The molecule has 2 N–H and O–H groups in total. The third-order valence-corrected chi connectivity index (χ3v) is 3.56. The van der Waals surface area contributed by atoms with Gasteiger partial charge in [0.25, 0.3) is 0 Å². The van der Waals surface area contributed by atoms with Crippen LogP contribution in [0.1, 0.15) is 24.9 Å². The number of imidazole rings is 1. The number of guanidine groups is 1. The Labute approximate surface area is 145 Å². The molecule has 0 atom stereocenters. The van der Waals surface area contributed by atoms with Crippen molar-refractivity contribution in [2.75, 3.05) is 20.2 Å². The minimum absolute atomic E-state index is 0.0708. The Hall–Kier alpha value is -2.64. The predicted molar refractivity (Wildman–Crippen MR) is 93.0 cm³/mol. The summed E-state index contributed by atoms with van der Waals surface area (Å²) in [5, 5.41) is 6.28. The van der Waals surface area contributed by atoms with E-state index in [4.69, 9.17) is 4.74 Å². The highest BCUT2D eigenvalue weighted by Gasteiger charge is 2.11. The molecule has 0 aliphatic carbocycles. The van der Waals surface area contributed by atoms with Crippen LogP contribution in [0.4, 0.5) is 8.78 Å². The Morgan fingerprint density at radius 3 is 2.84 bits per heavy atom. The minimum atomic E-state index is -2.62. The summed E-state index contributed by atoms with van der Waals surface area (Å²) in [7, 11) is 1.64. The van der Waals surface area contributed by atoms with Gasteiger partial charge in [0, 0.05) is 25.5 Å². The zero-order valence-electron chi connectivity index (χ0n) is 14.4. The molecular weight excluding hydrogens is 328 g/mol. The standard InChI is InChI=1S/C17H23F2N5O/c1-3-20-17(23-12-15-21-10-11-24(15)16(18)19)22-9-8-13-6-4-5-7-14(13)25-2/h4-7,10-11,16H,3,8-9,12H2,1-2H3,(H2,20,22,23). The van der Waals surface area contributed by atoms with Crippen LogP contribution in [0.2, 0.25) is 0 Å². The van der Waals surface area contributed by atoms with E-state index in [9.17, 15) is 8.78 Å². The first-order valence-electron chi connectivity index (χ1n) is 8.09. The van der Waals surface area contributed by atoms with E-state index in [0.29, 0.717) is 19.0 Å². The van der Waals surface area contributed by atoms with E-state index in [-0.39, 0.29) is 12.4 Å². The highest BCUT2D eigenvalue weighted by atomic mass is 19.3. The quantitative estimate of drug-likeness (QED) is 0.567. The Kier molecular flexibility index (Phi) is 7.18. The number of hydrogen-bond donors (Lipinski definition) is 2. The number of rotatable bonds is 8. The fraction of sp³-hybridized carbons (Fsp3) is 0.412. The molecule has 1 aromatic carbocycles. The van der Waals surface area contributed by atoms with Gasteiger partial charge in [-0.05, 0) is 25.0 Å². The van der Waals surface area contributed by atoms with Crippen molar-refractivity contribution in [3.8, 4) is 5.75 Å². The molecule has 0 aliphatic heterocycles. The lowest BCUT2D eigenvalue weighted by Crippen LogP contribution is -2.38. The molecule has 0 amide bonds. The third-order valence-electron chi connectivity index (χ3n) is 3.56. The lowest BCUT2D eigenvalue weighted by molar-refractivity contribution is 0.0671. The van der Waals surface area contributed by atoms with Gasteiger partial charge >= 0.3 is 6.55 Å². The van der Waals surface area contributed by atoms with Crippen LogP contribution in [-0.2, 0) is 13.0 Å². The number of nitrogens with one attached hydrogen (secondary N) is 2. The first-order valence-corrected chi connectivity index (χ1v) is 8.09. The Bertz CT molecular complexity index is 687. The monoisotopic (exact) mass is 351 g/mol. The van der Waals surface area contributed by atoms with Crippen LogP contribution in [0.25, 0.3) is 0 Å². The van der Waals surface area contributed by atoms with Crippen LogP contribution in [0, 0.1) is 0 Å². The zero-order valence-corrected chi connectivity index (χ0v) is 14.4. The summed E-state index contributed by atoms with van der Waals surface area (Å²) in [6.07, 6.45) is 3.34. The molecule has 0 radical (unpaired) electrons. The summed E-state index contributed by atoms with van der Waals surface area (Å²) >= 11 is 0. The normalized spacial score (nSPS) is 11.6. The van der Waals surface area contributed by atoms with Gasteiger partial charge in [-0.2, -0.15) is 8.78 Å². The first kappa shape index (κ1) is 18.7. The Morgan fingerprint density at radius 2 is 2.12 bits per heavy atom. The van der Waals surface area contributed by atoms with Gasteiger partial charge in [-0.15, -0.1) is 0 Å². The number of nitrogens with zero attached hydrogens (tertiary/aromatic N) is 3. The van der Waals surface area contributed by atoms with E-state index in [1.54, 1.807) is 7.11 Å². The van der Waals surface area contributed by atoms with Gasteiger partial charge in [-0.1, -0.05) is 18.2 Å². The van der Waals surface area contributed by atoms with Crippen molar-refractivity contribution in [1.29, 1.82) is 0 Å². The number of para-hydroxylation sites is 1. The summed E-state index contributed by atoms with van der Waals surface area (Å²) < 4.78 is 31.8. The average Bonchev–Trinajstić information content (AvgIpc) is 3.09. The van der Waals surface area contributed by atoms with Crippen LogP contribution in [0.15, 0.2) is 41.7 Å². The van der Waals surface area contributed by atoms with Gasteiger partial charge in [0.15, 0.2) is 5.96 Å². The topological polar surface area (TPSA) is 63.5 Å². The molecule has 1 aromatic heterocycles. The molecule has 136 valence electrons. The number of hydrogen-bond acceptors (Lipinski definition) is 3. The molecule has 0 spiro atoms. The second-order valence-corrected chi connectivity index (χ2v) is 5.21. The zero-order chi connectivity index (χ0) is 18.1. The molecule has 8 heteroatoms. The third kappa shape index (κ3) is 5.44. The number of benzene rings is 1. The molecule has 0 saturated carbocycles. The summed E-state index contributed by atoms with van der Waals surface area (Å²) in [4.78, 5) is 8.24. The van der Waals surface area contributed by atoms with E-state index in [0.717, 1.165) is 22.3 Å². The van der Waals surface area contributed by atoms with Gasteiger partial charge < -0.3 is 15.4 Å². The fourth-order valence-electron chi connectivity index (χ4n) is 2.36. The lowest BCUT2D eigenvalue weighted by Gasteiger charge is -2.13. The van der Waals surface area contributed by atoms with Gasteiger partial charge in [0.05, 0.1) is 7.11 Å². The molecule has 6 nitrogen and oxygen atoms in total. The maximum atomic E-state index is 12.8. The average molecular weight is 351 g/mol. The van der Waals surface area contributed by atoms with E-state index in [1.807, 2.05) is 31.2 Å². The SMILES string of the molecule is CCNC(=NCc1nccn1C(F)F)NCCc1ccccc1OC. The molecule has 1 heterocycles. The number of alkyl halides is 2. The van der Waals surface area contributed by atoms with Crippen molar-refractivity contribution in [3.05, 3.63) is 48.0 Å². The minimum Gasteiger partial charge on any atom is -0.496 e. The second-order valence-electron chi connectivity index (χ2n) is 5.21. The molecule has 0 bridgehead atoms. The molecule has 0 fully saturated rings. The van der Waals surface area contributed by atoms with Crippen LogP contribution in [-0.4, -0.2) is 35.7 Å². The molecule has 0 unspecified atom stereocenters. The molecule has 0 saturated heterocycles. The fourth-order valence-corrected chi connectivity index (χ4v) is 2.36. The van der Waals surface area contributed by atoms with Gasteiger partial charge in [0.2, 0.25) is 0 Å². The predicted octanol–water partition coefficient (Wildman–Crippen LogP) is 2.58. The highest BCUT2D eigenvalue weighted by Crippen LogP contribution is 2.17. The van der Waals surface area contributed by atoms with Crippen LogP contribution >= 0.6 is 0 Å². The van der Waals surface area contributed by atoms with Crippen molar-refractivity contribution in [2.24, 2.45) is 4.99 Å². The summed E-state index contributed by atoms with van der Waals surface area (Å²) in [5.41, 5.74) is 1.08. The van der Waals surface area contributed by atoms with Crippen molar-refractivity contribution >= 4 is 5.96 Å². The van der Waals surface area contributed by atoms with Crippen LogP contribution in [0.3, 0.4) is 0 Å². The largest absolute Gasteiger partial charge is 0.496 e. The van der Waals surface area contributed by atoms with E-state index < -0.39 is 6.55 Å². The van der Waals surface area contributed by atoms with E-state index in [2.05, 4.69) is 20.6 Å². The van der Waals surface area contributed by atoms with E-state index >= 15 is 0 Å². The number of ether oxygens (including phenoxy) is 1. The van der Waals surface area contributed by atoms with Crippen molar-refractivity contribution < 1.29 is 13.5 Å².